The van der Waals surface area contributed by atoms with Crippen LogP contribution in [0.4, 0.5) is 5.69 Å². The van der Waals surface area contributed by atoms with Crippen molar-refractivity contribution in [3.05, 3.63) is 40.3 Å². The summed E-state index contributed by atoms with van der Waals surface area (Å²) >= 11 is 5.89. The summed E-state index contributed by atoms with van der Waals surface area (Å²) in [5.41, 5.74) is 1.37. The highest BCUT2D eigenvalue weighted by molar-refractivity contribution is 7.94. The molecule has 1 aliphatic heterocycles. The molecule has 0 bridgehead atoms. The predicted octanol–water partition coefficient (Wildman–Crippen LogP) is 2.47. The third-order valence-corrected chi connectivity index (χ3v) is 5.27. The number of allylic oxidation sites excluding steroid dienone is 1. The Morgan fingerprint density at radius 2 is 2.12 bits per heavy atom. The number of rotatable bonds is 5. The van der Waals surface area contributed by atoms with Gasteiger partial charge in [-0.05, 0) is 31.5 Å². The number of ether oxygens (including phenoxy) is 1. The molecular formula is C16H18ClNO5S. The largest absolute Gasteiger partial charge is 0.453 e. The highest BCUT2D eigenvalue weighted by Crippen LogP contribution is 2.21. The first-order valence-corrected chi connectivity index (χ1v) is 9.43. The van der Waals surface area contributed by atoms with Gasteiger partial charge < -0.3 is 10.1 Å². The number of esters is 1. The second kappa shape index (κ2) is 7.36. The van der Waals surface area contributed by atoms with E-state index in [1.165, 1.54) is 13.0 Å². The molecule has 130 valence electrons. The standard InChI is InChI=1S/C16H18ClNO5S/c1-10-3-4-13(17)8-14(10)18-16(20)11(2)23-15(19)7-12-5-6-24(21,22)9-12/h3-6,8,11-12H,7,9H2,1-2H3,(H,18,20)/t11-,12+/m0/s1. The fourth-order valence-electron chi connectivity index (χ4n) is 2.24. The van der Waals surface area contributed by atoms with Crippen LogP contribution in [-0.4, -0.2) is 32.2 Å². The van der Waals surface area contributed by atoms with Gasteiger partial charge >= 0.3 is 5.97 Å². The summed E-state index contributed by atoms with van der Waals surface area (Å²) in [6, 6.07) is 5.08. The Labute approximate surface area is 145 Å². The molecule has 0 radical (unpaired) electrons. The van der Waals surface area contributed by atoms with E-state index in [0.717, 1.165) is 11.0 Å². The number of sulfone groups is 1. The summed E-state index contributed by atoms with van der Waals surface area (Å²) in [6.07, 6.45) is 0.387. The highest BCUT2D eigenvalue weighted by Gasteiger charge is 2.26. The summed E-state index contributed by atoms with van der Waals surface area (Å²) in [5.74, 6) is -1.62. The fourth-order valence-corrected chi connectivity index (χ4v) is 3.81. The molecular weight excluding hydrogens is 354 g/mol. The van der Waals surface area contributed by atoms with E-state index in [1.54, 1.807) is 18.2 Å². The Kier molecular flexibility index (Phi) is 5.66. The Morgan fingerprint density at radius 1 is 1.42 bits per heavy atom. The van der Waals surface area contributed by atoms with Crippen molar-refractivity contribution in [2.24, 2.45) is 5.92 Å². The number of benzene rings is 1. The van der Waals surface area contributed by atoms with Gasteiger partial charge in [0.1, 0.15) is 0 Å². The number of aryl methyl sites for hydroxylation is 1. The van der Waals surface area contributed by atoms with Crippen molar-refractivity contribution in [3.63, 3.8) is 0 Å². The third kappa shape index (κ3) is 5.07. The van der Waals surface area contributed by atoms with Crippen LogP contribution in [0.5, 0.6) is 0 Å². The van der Waals surface area contributed by atoms with E-state index in [-0.39, 0.29) is 12.2 Å². The topological polar surface area (TPSA) is 89.5 Å². The molecule has 1 N–H and O–H groups in total. The van der Waals surface area contributed by atoms with Crippen LogP contribution in [0.2, 0.25) is 5.02 Å². The lowest BCUT2D eigenvalue weighted by Crippen LogP contribution is -2.30. The lowest BCUT2D eigenvalue weighted by atomic mass is 10.1. The maximum absolute atomic E-state index is 12.1. The normalized spacial score (nSPS) is 19.7. The van der Waals surface area contributed by atoms with Gasteiger partial charge in [-0.25, -0.2) is 8.42 Å². The Hall–Kier alpha value is -1.86. The molecule has 6 nitrogen and oxygen atoms in total. The Balaban J connectivity index is 1.88. The number of halogens is 1. The first kappa shape index (κ1) is 18.5. The van der Waals surface area contributed by atoms with Crippen LogP contribution in [0.25, 0.3) is 0 Å². The molecule has 0 aliphatic carbocycles. The second-order valence-electron chi connectivity index (χ2n) is 5.70. The van der Waals surface area contributed by atoms with E-state index in [1.807, 2.05) is 6.92 Å². The molecule has 0 unspecified atom stereocenters. The van der Waals surface area contributed by atoms with Gasteiger partial charge in [0.2, 0.25) is 0 Å². The van der Waals surface area contributed by atoms with Crippen LogP contribution in [0.1, 0.15) is 18.9 Å². The molecule has 2 rings (SSSR count). The van der Waals surface area contributed by atoms with Gasteiger partial charge in [0.25, 0.3) is 5.91 Å². The number of anilines is 1. The molecule has 0 spiro atoms. The average Bonchev–Trinajstić information content (AvgIpc) is 2.81. The van der Waals surface area contributed by atoms with Crippen molar-refractivity contribution in [2.45, 2.75) is 26.4 Å². The van der Waals surface area contributed by atoms with Crippen molar-refractivity contribution in [3.8, 4) is 0 Å². The average molecular weight is 372 g/mol. The summed E-state index contributed by atoms with van der Waals surface area (Å²) in [5, 5.41) is 4.23. The molecule has 0 aromatic heterocycles. The summed E-state index contributed by atoms with van der Waals surface area (Å²) in [4.78, 5) is 24.0. The molecule has 1 amide bonds. The number of hydrogen-bond donors (Lipinski definition) is 1. The minimum atomic E-state index is -3.22. The monoisotopic (exact) mass is 371 g/mol. The maximum Gasteiger partial charge on any atom is 0.307 e. The molecule has 1 aromatic rings. The first-order valence-electron chi connectivity index (χ1n) is 7.34. The SMILES string of the molecule is Cc1ccc(Cl)cc1NC(=O)[C@H](C)OC(=O)C[C@H]1C=CS(=O)(=O)C1. The minimum absolute atomic E-state index is 0.0798. The first-order chi connectivity index (χ1) is 11.2. The lowest BCUT2D eigenvalue weighted by molar-refractivity contribution is -0.153. The second-order valence-corrected chi connectivity index (χ2v) is 8.07. The molecule has 8 heteroatoms. The molecule has 0 saturated heterocycles. The third-order valence-electron chi connectivity index (χ3n) is 3.57. The van der Waals surface area contributed by atoms with Crippen LogP contribution in [0, 0.1) is 12.8 Å². The van der Waals surface area contributed by atoms with Crippen molar-refractivity contribution in [1.82, 2.24) is 0 Å². The number of carbonyl (C=O) groups is 2. The summed E-state index contributed by atoms with van der Waals surface area (Å²) in [6.45, 7) is 3.27. The van der Waals surface area contributed by atoms with Crippen molar-refractivity contribution < 1.29 is 22.7 Å². The van der Waals surface area contributed by atoms with Crippen LogP contribution in [0.15, 0.2) is 29.7 Å². The highest BCUT2D eigenvalue weighted by atomic mass is 35.5. The molecule has 0 fully saturated rings. The number of nitrogens with one attached hydrogen (secondary N) is 1. The zero-order chi connectivity index (χ0) is 17.9. The van der Waals surface area contributed by atoms with Crippen molar-refractivity contribution in [1.29, 1.82) is 0 Å². The Bertz CT molecular complexity index is 788. The van der Waals surface area contributed by atoms with E-state index >= 15 is 0 Å². The van der Waals surface area contributed by atoms with E-state index < -0.39 is 33.7 Å². The van der Waals surface area contributed by atoms with E-state index in [2.05, 4.69) is 5.32 Å². The number of hydrogen-bond acceptors (Lipinski definition) is 5. The van der Waals surface area contributed by atoms with Crippen LogP contribution >= 0.6 is 11.6 Å². The van der Waals surface area contributed by atoms with Gasteiger partial charge in [-0.2, -0.15) is 0 Å². The van der Waals surface area contributed by atoms with Gasteiger partial charge in [0.05, 0.1) is 12.2 Å². The zero-order valence-electron chi connectivity index (χ0n) is 13.3. The van der Waals surface area contributed by atoms with Crippen molar-refractivity contribution in [2.75, 3.05) is 11.1 Å². The van der Waals surface area contributed by atoms with Gasteiger partial charge in [0.15, 0.2) is 15.9 Å². The smallest absolute Gasteiger partial charge is 0.307 e. The van der Waals surface area contributed by atoms with E-state index in [9.17, 15) is 18.0 Å². The van der Waals surface area contributed by atoms with Gasteiger partial charge in [0, 0.05) is 22.0 Å². The van der Waals surface area contributed by atoms with E-state index in [0.29, 0.717) is 10.7 Å². The molecule has 0 saturated carbocycles. The van der Waals surface area contributed by atoms with Crippen LogP contribution in [0.3, 0.4) is 0 Å². The molecule has 24 heavy (non-hydrogen) atoms. The zero-order valence-corrected chi connectivity index (χ0v) is 14.9. The number of carbonyl (C=O) groups excluding carboxylic acids is 2. The molecule has 1 heterocycles. The predicted molar refractivity (Wildman–Crippen MR) is 91.4 cm³/mol. The van der Waals surface area contributed by atoms with Gasteiger partial charge in [-0.1, -0.05) is 23.7 Å². The molecule has 1 aliphatic rings. The van der Waals surface area contributed by atoms with E-state index in [4.69, 9.17) is 16.3 Å². The Morgan fingerprint density at radius 3 is 2.75 bits per heavy atom. The molecule has 1 aromatic carbocycles. The number of amides is 1. The quantitative estimate of drug-likeness (QED) is 0.803. The fraction of sp³-hybridized carbons (Fsp3) is 0.375. The maximum atomic E-state index is 12.1. The molecule has 2 atom stereocenters. The van der Waals surface area contributed by atoms with Crippen LogP contribution in [-0.2, 0) is 24.2 Å². The lowest BCUT2D eigenvalue weighted by Gasteiger charge is -2.15. The minimum Gasteiger partial charge on any atom is -0.453 e. The van der Waals surface area contributed by atoms with Crippen molar-refractivity contribution >= 4 is 39.0 Å². The van der Waals surface area contributed by atoms with Crippen LogP contribution < -0.4 is 5.32 Å². The summed E-state index contributed by atoms with van der Waals surface area (Å²) in [7, 11) is -3.22. The van der Waals surface area contributed by atoms with Gasteiger partial charge in [-0.3, -0.25) is 9.59 Å². The van der Waals surface area contributed by atoms with Gasteiger partial charge in [-0.15, -0.1) is 0 Å². The summed E-state index contributed by atoms with van der Waals surface area (Å²) < 4.78 is 27.7.